The third kappa shape index (κ3) is 4.39. The van der Waals surface area contributed by atoms with Crippen LogP contribution in [0.4, 0.5) is 20.4 Å². The van der Waals surface area contributed by atoms with Crippen LogP contribution in [0.5, 0.6) is 0 Å². The van der Waals surface area contributed by atoms with Crippen molar-refractivity contribution in [3.8, 4) is 0 Å². The van der Waals surface area contributed by atoms with Crippen molar-refractivity contribution in [2.45, 2.75) is 26.8 Å². The summed E-state index contributed by atoms with van der Waals surface area (Å²) in [5.41, 5.74) is 2.35. The van der Waals surface area contributed by atoms with Crippen LogP contribution < -0.4 is 10.2 Å². The summed E-state index contributed by atoms with van der Waals surface area (Å²) in [4.78, 5) is 31.7. The van der Waals surface area contributed by atoms with E-state index in [2.05, 4.69) is 15.4 Å². The molecule has 3 aromatic rings. The second-order valence-corrected chi connectivity index (χ2v) is 7.77. The van der Waals surface area contributed by atoms with Gasteiger partial charge in [-0.3, -0.25) is 4.79 Å². The van der Waals surface area contributed by atoms with Crippen LogP contribution in [0.2, 0.25) is 0 Å². The lowest BCUT2D eigenvalue weighted by Gasteiger charge is -2.35. The van der Waals surface area contributed by atoms with Gasteiger partial charge in [-0.05, 0) is 56.2 Å². The fraction of sp³-hybridized carbons (Fsp3) is 0.250. The van der Waals surface area contributed by atoms with Gasteiger partial charge in [0.15, 0.2) is 0 Å². The van der Waals surface area contributed by atoms with E-state index in [0.29, 0.717) is 28.5 Å². The summed E-state index contributed by atoms with van der Waals surface area (Å²) in [5, 5.41) is 6.98. The minimum atomic E-state index is -0.720. The summed E-state index contributed by atoms with van der Waals surface area (Å²) >= 11 is 0. The van der Waals surface area contributed by atoms with Gasteiger partial charge >= 0.3 is 5.97 Å². The van der Waals surface area contributed by atoms with E-state index in [0.717, 1.165) is 0 Å². The average Bonchev–Trinajstić information content (AvgIpc) is 3.28. The molecule has 0 saturated heterocycles. The molecule has 8 nitrogen and oxygen atoms in total. The minimum Gasteiger partial charge on any atom is -0.463 e. The molecule has 176 valence electrons. The minimum absolute atomic E-state index is 0.148. The van der Waals surface area contributed by atoms with Crippen LogP contribution in [0.15, 0.2) is 60.1 Å². The van der Waals surface area contributed by atoms with Gasteiger partial charge in [0.05, 0.1) is 12.2 Å². The molecule has 2 aromatic carbocycles. The number of allylic oxidation sites excluding steroid dienone is 1. The van der Waals surface area contributed by atoms with Crippen LogP contribution in [0.25, 0.3) is 0 Å². The third-order valence-electron chi connectivity index (χ3n) is 5.56. The molecule has 0 fully saturated rings. The summed E-state index contributed by atoms with van der Waals surface area (Å²) in [7, 11) is 0. The van der Waals surface area contributed by atoms with Crippen LogP contribution in [-0.2, 0) is 14.3 Å². The van der Waals surface area contributed by atoms with E-state index in [1.54, 1.807) is 43.9 Å². The second kappa shape index (κ2) is 9.42. The average molecular weight is 467 g/mol. The van der Waals surface area contributed by atoms with Crippen molar-refractivity contribution in [2.75, 3.05) is 23.4 Å². The molecule has 0 radical (unpaired) electrons. The van der Waals surface area contributed by atoms with Gasteiger partial charge in [0.25, 0.3) is 0 Å². The number of hydrogen-bond donors (Lipinski definition) is 1. The van der Waals surface area contributed by atoms with Gasteiger partial charge < -0.3 is 15.0 Å². The molecule has 10 heteroatoms. The number of amides is 1. The molecule has 0 unspecified atom stereocenters. The number of aryl methyl sites for hydroxylation is 1. The molecule has 4 rings (SSSR count). The Morgan fingerprint density at radius 2 is 1.79 bits per heavy atom. The zero-order valence-electron chi connectivity index (χ0n) is 18.9. The van der Waals surface area contributed by atoms with Crippen LogP contribution in [0.3, 0.4) is 0 Å². The number of esters is 1. The molecule has 2 heterocycles. The number of nitrogens with one attached hydrogen (secondary N) is 1. The number of anilines is 2. The molecule has 1 atom stereocenters. The molecular weight excluding hydrogens is 444 g/mol. The maximum Gasteiger partial charge on any atom is 0.338 e. The van der Waals surface area contributed by atoms with Crippen LogP contribution in [0.1, 0.15) is 31.0 Å². The van der Waals surface area contributed by atoms with E-state index in [4.69, 9.17) is 4.74 Å². The Balaban J connectivity index is 1.73. The summed E-state index contributed by atoms with van der Waals surface area (Å²) < 4.78 is 34.0. The number of carbonyl (C=O) groups is 2. The monoisotopic (exact) mass is 467 g/mol. The van der Waals surface area contributed by atoms with Crippen LogP contribution >= 0.6 is 0 Å². The van der Waals surface area contributed by atoms with Crippen LogP contribution in [-0.4, -0.2) is 39.8 Å². The fourth-order valence-corrected chi connectivity index (χ4v) is 3.91. The quantitative estimate of drug-likeness (QED) is 0.556. The Morgan fingerprint density at radius 1 is 1.09 bits per heavy atom. The number of rotatable bonds is 6. The van der Waals surface area contributed by atoms with Gasteiger partial charge in [0.2, 0.25) is 11.9 Å². The number of fused-ring (bicyclic) bond motifs is 1. The Morgan fingerprint density at radius 3 is 2.50 bits per heavy atom. The van der Waals surface area contributed by atoms with E-state index in [1.165, 1.54) is 35.3 Å². The summed E-state index contributed by atoms with van der Waals surface area (Å²) in [6, 6.07) is 9.12. The molecule has 0 bridgehead atoms. The molecule has 34 heavy (non-hydrogen) atoms. The molecule has 0 saturated carbocycles. The Bertz CT molecular complexity index is 1270. The lowest BCUT2D eigenvalue weighted by Crippen LogP contribution is -2.41. The van der Waals surface area contributed by atoms with Crippen molar-refractivity contribution in [2.24, 2.45) is 0 Å². The summed E-state index contributed by atoms with van der Waals surface area (Å²) in [6.45, 7) is 5.07. The zero-order valence-corrected chi connectivity index (χ0v) is 18.9. The van der Waals surface area contributed by atoms with E-state index < -0.39 is 29.6 Å². The highest BCUT2D eigenvalue weighted by Gasteiger charge is 2.38. The SMILES string of the molecule is CCOC(=O)C1=C(C)N(CC(=O)Nc2cc(F)ccc2C)c2ncnn2[C@H]1c1ccc(F)cc1. The second-order valence-electron chi connectivity index (χ2n) is 7.77. The molecule has 1 aliphatic heterocycles. The van der Waals surface area contributed by atoms with Gasteiger partial charge in [-0.25, -0.2) is 18.3 Å². The maximum atomic E-state index is 13.6. The third-order valence-corrected chi connectivity index (χ3v) is 5.56. The molecule has 0 spiro atoms. The highest BCUT2D eigenvalue weighted by atomic mass is 19.1. The van der Waals surface area contributed by atoms with E-state index in [9.17, 15) is 18.4 Å². The Kier molecular flexibility index (Phi) is 6.40. The number of halogens is 2. The van der Waals surface area contributed by atoms with E-state index in [1.807, 2.05) is 0 Å². The van der Waals surface area contributed by atoms with Gasteiger partial charge in [-0.15, -0.1) is 0 Å². The van der Waals surface area contributed by atoms with Crippen LogP contribution in [0, 0.1) is 18.6 Å². The molecule has 0 aliphatic carbocycles. The van der Waals surface area contributed by atoms with Crippen molar-refractivity contribution in [3.05, 3.63) is 82.8 Å². The number of nitrogens with zero attached hydrogens (tertiary/aromatic N) is 4. The van der Waals surface area contributed by atoms with Crippen molar-refractivity contribution in [1.82, 2.24) is 14.8 Å². The van der Waals surface area contributed by atoms with Crippen molar-refractivity contribution in [1.29, 1.82) is 0 Å². The highest BCUT2D eigenvalue weighted by molar-refractivity contribution is 5.97. The first kappa shape index (κ1) is 23.1. The maximum absolute atomic E-state index is 13.6. The van der Waals surface area contributed by atoms with Crippen molar-refractivity contribution in [3.63, 3.8) is 0 Å². The number of benzene rings is 2. The first-order valence-electron chi connectivity index (χ1n) is 10.7. The van der Waals surface area contributed by atoms with Gasteiger partial charge in [0.1, 0.15) is 30.5 Å². The standard InChI is InChI=1S/C24H23F2N5O3/c1-4-34-23(33)21-15(3)30(12-20(32)29-19-11-18(26)8-5-14(19)2)24-27-13-28-31(24)22(21)16-6-9-17(25)10-7-16/h5-11,13,22H,4,12H2,1-3H3,(H,29,32)/t22-/m0/s1. The summed E-state index contributed by atoms with van der Waals surface area (Å²) in [5.74, 6) is -1.58. The van der Waals surface area contributed by atoms with Crippen molar-refractivity contribution < 1.29 is 23.1 Å². The van der Waals surface area contributed by atoms with Crippen molar-refractivity contribution >= 4 is 23.5 Å². The number of carbonyl (C=O) groups excluding carboxylic acids is 2. The smallest absolute Gasteiger partial charge is 0.338 e. The molecular formula is C24H23F2N5O3. The zero-order chi connectivity index (χ0) is 24.4. The predicted molar refractivity (Wildman–Crippen MR) is 121 cm³/mol. The molecule has 1 aliphatic rings. The highest BCUT2D eigenvalue weighted by Crippen LogP contribution is 2.38. The Labute approximate surface area is 194 Å². The number of ether oxygens (including phenoxy) is 1. The van der Waals surface area contributed by atoms with Gasteiger partial charge in [-0.2, -0.15) is 10.1 Å². The largest absolute Gasteiger partial charge is 0.463 e. The first-order valence-corrected chi connectivity index (χ1v) is 10.7. The lowest BCUT2D eigenvalue weighted by molar-refractivity contribution is -0.139. The number of aromatic nitrogens is 3. The van der Waals surface area contributed by atoms with E-state index in [-0.39, 0.29) is 18.7 Å². The normalized spacial score (nSPS) is 15.2. The van der Waals surface area contributed by atoms with Gasteiger partial charge in [0, 0.05) is 11.4 Å². The first-order chi connectivity index (χ1) is 16.3. The Hall–Kier alpha value is -4.08. The molecule has 1 aromatic heterocycles. The topological polar surface area (TPSA) is 89.3 Å². The van der Waals surface area contributed by atoms with Gasteiger partial charge in [-0.1, -0.05) is 18.2 Å². The lowest BCUT2D eigenvalue weighted by atomic mass is 9.95. The molecule has 1 N–H and O–H groups in total. The fourth-order valence-electron chi connectivity index (χ4n) is 3.91. The predicted octanol–water partition coefficient (Wildman–Crippen LogP) is 3.75. The van der Waals surface area contributed by atoms with E-state index >= 15 is 0 Å². The summed E-state index contributed by atoms with van der Waals surface area (Å²) in [6.07, 6.45) is 1.31. The molecule has 1 amide bonds. The number of hydrogen-bond acceptors (Lipinski definition) is 6.